The molecule has 0 bridgehead atoms. The molecule has 0 unspecified atom stereocenters. The van der Waals surface area contributed by atoms with Gasteiger partial charge in [0.1, 0.15) is 10.8 Å². The summed E-state index contributed by atoms with van der Waals surface area (Å²) in [6.45, 7) is 1.94. The minimum absolute atomic E-state index is 0.0316. The van der Waals surface area contributed by atoms with Crippen molar-refractivity contribution in [3.8, 4) is 5.75 Å². The lowest BCUT2D eigenvalue weighted by molar-refractivity contribution is -0.120. The zero-order valence-corrected chi connectivity index (χ0v) is 15.7. The number of aromatic hydroxyl groups is 1. The number of para-hydroxylation sites is 1. The van der Waals surface area contributed by atoms with E-state index in [4.69, 9.17) is 0 Å². The number of aromatic nitrogens is 2. The van der Waals surface area contributed by atoms with Crippen LogP contribution in [0, 0.1) is 6.92 Å². The second-order valence-electron chi connectivity index (χ2n) is 5.85. The van der Waals surface area contributed by atoms with E-state index in [0.717, 1.165) is 16.9 Å². The Bertz CT molecular complexity index is 1010. The summed E-state index contributed by atoms with van der Waals surface area (Å²) in [5.41, 5.74) is 4.42. The molecule has 0 spiro atoms. The lowest BCUT2D eigenvalue weighted by atomic mass is 10.1. The Kier molecular flexibility index (Phi) is 6.07. The van der Waals surface area contributed by atoms with Gasteiger partial charge >= 0.3 is 0 Å². The molecule has 0 saturated heterocycles. The molecule has 0 fully saturated rings. The molecule has 28 heavy (non-hydrogen) atoms. The van der Waals surface area contributed by atoms with Gasteiger partial charge < -0.3 is 5.11 Å². The second kappa shape index (κ2) is 8.87. The van der Waals surface area contributed by atoms with Crippen molar-refractivity contribution in [2.75, 3.05) is 5.32 Å². The van der Waals surface area contributed by atoms with Gasteiger partial charge in [0.15, 0.2) is 0 Å². The van der Waals surface area contributed by atoms with E-state index in [1.807, 2.05) is 19.1 Å². The van der Waals surface area contributed by atoms with Gasteiger partial charge in [0.2, 0.25) is 11.0 Å². The van der Waals surface area contributed by atoms with E-state index in [1.165, 1.54) is 12.3 Å². The number of hydrazone groups is 1. The van der Waals surface area contributed by atoms with Gasteiger partial charge in [0.05, 0.1) is 12.6 Å². The zero-order valence-electron chi connectivity index (χ0n) is 14.9. The number of hydrogen-bond donors (Lipinski definition) is 3. The number of rotatable bonds is 6. The highest BCUT2D eigenvalue weighted by Crippen LogP contribution is 2.17. The van der Waals surface area contributed by atoms with Crippen molar-refractivity contribution in [3.05, 3.63) is 70.2 Å². The van der Waals surface area contributed by atoms with Gasteiger partial charge in [-0.15, -0.1) is 10.2 Å². The number of benzene rings is 2. The number of anilines is 1. The van der Waals surface area contributed by atoms with E-state index >= 15 is 0 Å². The van der Waals surface area contributed by atoms with Gasteiger partial charge in [-0.05, 0) is 31.2 Å². The third-order valence-electron chi connectivity index (χ3n) is 3.64. The molecule has 9 heteroatoms. The van der Waals surface area contributed by atoms with Crippen molar-refractivity contribution in [1.29, 1.82) is 0 Å². The van der Waals surface area contributed by atoms with Crippen LogP contribution < -0.4 is 10.7 Å². The quantitative estimate of drug-likeness (QED) is 0.438. The number of hydrogen-bond acceptors (Lipinski definition) is 7. The third-order valence-corrected chi connectivity index (χ3v) is 4.48. The van der Waals surface area contributed by atoms with Crippen molar-refractivity contribution in [2.24, 2.45) is 5.10 Å². The smallest absolute Gasteiger partial charge is 0.257 e. The van der Waals surface area contributed by atoms with Gasteiger partial charge in [-0.1, -0.05) is 41.2 Å². The molecule has 3 N–H and O–H groups in total. The molecule has 1 heterocycles. The molecule has 0 atom stereocenters. The Labute approximate surface area is 165 Å². The zero-order chi connectivity index (χ0) is 19.9. The van der Waals surface area contributed by atoms with E-state index in [2.05, 4.69) is 26.0 Å². The Hall–Kier alpha value is -3.59. The Morgan fingerprint density at radius 1 is 1.14 bits per heavy atom. The Morgan fingerprint density at radius 3 is 2.64 bits per heavy atom. The summed E-state index contributed by atoms with van der Waals surface area (Å²) in [7, 11) is 0. The summed E-state index contributed by atoms with van der Waals surface area (Å²) in [4.78, 5) is 24.1. The first kappa shape index (κ1) is 19.2. The third kappa shape index (κ3) is 5.21. The van der Waals surface area contributed by atoms with Crippen LogP contribution in [-0.2, 0) is 11.2 Å². The van der Waals surface area contributed by atoms with E-state index in [-0.39, 0.29) is 24.0 Å². The average molecular weight is 395 g/mol. The van der Waals surface area contributed by atoms with E-state index in [1.54, 1.807) is 30.3 Å². The number of nitrogens with zero attached hydrogens (tertiary/aromatic N) is 3. The molecule has 8 nitrogen and oxygen atoms in total. The molecule has 142 valence electrons. The van der Waals surface area contributed by atoms with Gasteiger partial charge in [-0.3, -0.25) is 14.9 Å². The van der Waals surface area contributed by atoms with Gasteiger partial charge in [-0.2, -0.15) is 5.10 Å². The first-order chi connectivity index (χ1) is 13.5. The van der Waals surface area contributed by atoms with Gasteiger partial charge in [0.25, 0.3) is 5.91 Å². The standard InChI is InChI=1S/C19H17N5O3S/c1-12-6-8-13(9-7-12)18(27)21-19-24-23-17(28-19)10-16(26)22-20-11-14-4-2-3-5-15(14)25/h2-9,11,25H,10H2,1H3,(H,22,26)(H,21,24,27). The van der Waals surface area contributed by atoms with Crippen LogP contribution in [0.5, 0.6) is 5.75 Å². The number of phenolic OH excluding ortho intramolecular Hbond substituents is 1. The highest BCUT2D eigenvalue weighted by molar-refractivity contribution is 7.15. The SMILES string of the molecule is Cc1ccc(C(=O)Nc2nnc(CC(=O)NN=Cc3ccccc3O)s2)cc1. The Morgan fingerprint density at radius 2 is 1.89 bits per heavy atom. The lowest BCUT2D eigenvalue weighted by Gasteiger charge is -2.01. The molecule has 3 rings (SSSR count). The minimum Gasteiger partial charge on any atom is -0.507 e. The molecule has 2 aromatic carbocycles. The predicted molar refractivity (Wildman–Crippen MR) is 107 cm³/mol. The summed E-state index contributed by atoms with van der Waals surface area (Å²) >= 11 is 1.11. The summed E-state index contributed by atoms with van der Waals surface area (Å²) in [5, 5.41) is 24.6. The van der Waals surface area contributed by atoms with Crippen molar-refractivity contribution < 1.29 is 14.7 Å². The molecule has 0 aliphatic carbocycles. The molecule has 1 aromatic heterocycles. The van der Waals surface area contributed by atoms with E-state index < -0.39 is 0 Å². The number of carbonyl (C=O) groups excluding carboxylic acids is 2. The molecule has 0 aliphatic heterocycles. The van der Waals surface area contributed by atoms with Crippen LogP contribution >= 0.6 is 11.3 Å². The van der Waals surface area contributed by atoms with Crippen molar-refractivity contribution >= 4 is 34.5 Å². The van der Waals surface area contributed by atoms with E-state index in [9.17, 15) is 14.7 Å². The molecule has 3 aromatic rings. The first-order valence-corrected chi connectivity index (χ1v) is 9.13. The number of phenols is 1. The van der Waals surface area contributed by atoms with Crippen molar-refractivity contribution in [2.45, 2.75) is 13.3 Å². The maximum absolute atomic E-state index is 12.2. The number of aryl methyl sites for hydroxylation is 1. The predicted octanol–water partition coefficient (Wildman–Crippen LogP) is 2.50. The molecule has 0 aliphatic rings. The van der Waals surface area contributed by atoms with Crippen LogP contribution in [-0.4, -0.2) is 33.3 Å². The molecular weight excluding hydrogens is 378 g/mol. The lowest BCUT2D eigenvalue weighted by Crippen LogP contribution is -2.19. The highest BCUT2D eigenvalue weighted by atomic mass is 32.1. The summed E-state index contributed by atoms with van der Waals surface area (Å²) in [5.74, 6) is -0.614. The monoisotopic (exact) mass is 395 g/mol. The average Bonchev–Trinajstić information content (AvgIpc) is 3.10. The van der Waals surface area contributed by atoms with Gasteiger partial charge in [0, 0.05) is 11.1 Å². The van der Waals surface area contributed by atoms with E-state index in [0.29, 0.717) is 21.3 Å². The van der Waals surface area contributed by atoms with Crippen LogP contribution in [0.25, 0.3) is 0 Å². The maximum atomic E-state index is 12.2. The molecular formula is C19H17N5O3S. The van der Waals surface area contributed by atoms with Crippen LogP contribution in [0.4, 0.5) is 5.13 Å². The summed E-state index contributed by atoms with van der Waals surface area (Å²) in [6, 6.07) is 13.8. The van der Waals surface area contributed by atoms with Crippen LogP contribution in [0.3, 0.4) is 0 Å². The molecule has 2 amide bonds. The fourth-order valence-corrected chi connectivity index (χ4v) is 2.93. The minimum atomic E-state index is -0.390. The van der Waals surface area contributed by atoms with Crippen LogP contribution in [0.15, 0.2) is 53.6 Å². The first-order valence-electron chi connectivity index (χ1n) is 8.31. The maximum Gasteiger partial charge on any atom is 0.257 e. The number of nitrogens with one attached hydrogen (secondary N) is 2. The fourth-order valence-electron chi connectivity index (χ4n) is 2.20. The molecule has 0 saturated carbocycles. The largest absolute Gasteiger partial charge is 0.507 e. The second-order valence-corrected chi connectivity index (χ2v) is 6.91. The fraction of sp³-hybridized carbons (Fsp3) is 0.105. The number of carbonyl (C=O) groups is 2. The highest BCUT2D eigenvalue weighted by Gasteiger charge is 2.12. The van der Waals surface area contributed by atoms with Crippen molar-refractivity contribution in [1.82, 2.24) is 15.6 Å². The molecule has 0 radical (unpaired) electrons. The summed E-state index contributed by atoms with van der Waals surface area (Å²) in [6.07, 6.45) is 1.32. The van der Waals surface area contributed by atoms with Crippen LogP contribution in [0.2, 0.25) is 0 Å². The Balaban J connectivity index is 1.52. The summed E-state index contributed by atoms with van der Waals surface area (Å²) < 4.78 is 0. The topological polar surface area (TPSA) is 117 Å². The van der Waals surface area contributed by atoms with Crippen LogP contribution in [0.1, 0.15) is 26.5 Å². The van der Waals surface area contributed by atoms with Gasteiger partial charge in [-0.25, -0.2) is 5.43 Å². The van der Waals surface area contributed by atoms with Crippen molar-refractivity contribution in [3.63, 3.8) is 0 Å². The normalized spacial score (nSPS) is 10.8. The number of amides is 2.